The summed E-state index contributed by atoms with van der Waals surface area (Å²) in [5, 5.41) is 10.0. The first-order valence-electron chi connectivity index (χ1n) is 10.00. The maximum absolute atomic E-state index is 12.7. The molecule has 0 unspecified atom stereocenters. The molecule has 3 aromatic rings. The van der Waals surface area contributed by atoms with Gasteiger partial charge in [0.25, 0.3) is 0 Å². The van der Waals surface area contributed by atoms with Gasteiger partial charge in [-0.3, -0.25) is 4.79 Å². The Balaban J connectivity index is 1.31. The minimum Gasteiger partial charge on any atom is -0.497 e. The van der Waals surface area contributed by atoms with E-state index in [9.17, 15) is 4.79 Å². The van der Waals surface area contributed by atoms with Crippen LogP contribution < -0.4 is 9.64 Å². The van der Waals surface area contributed by atoms with Crippen molar-refractivity contribution in [2.24, 2.45) is 7.05 Å². The van der Waals surface area contributed by atoms with E-state index in [4.69, 9.17) is 16.3 Å². The smallest absolute Gasteiger partial charge is 0.233 e. The Morgan fingerprint density at radius 2 is 1.84 bits per heavy atom. The summed E-state index contributed by atoms with van der Waals surface area (Å²) in [5.41, 5.74) is 2.05. The van der Waals surface area contributed by atoms with Crippen molar-refractivity contribution in [3.05, 3.63) is 53.6 Å². The number of aromatic nitrogens is 3. The molecule has 2 aromatic carbocycles. The first-order chi connectivity index (χ1) is 15.0. The van der Waals surface area contributed by atoms with E-state index in [0.717, 1.165) is 46.1 Å². The fourth-order valence-corrected chi connectivity index (χ4v) is 4.53. The number of hydrogen-bond acceptors (Lipinski definition) is 6. The summed E-state index contributed by atoms with van der Waals surface area (Å²) in [5.74, 6) is 2.00. The van der Waals surface area contributed by atoms with Crippen molar-refractivity contribution in [2.75, 3.05) is 43.9 Å². The average Bonchev–Trinajstić information content (AvgIpc) is 3.18. The Bertz CT molecular complexity index is 1050. The number of thioether (sulfide) groups is 1. The molecule has 0 spiro atoms. The van der Waals surface area contributed by atoms with Crippen molar-refractivity contribution in [3.8, 4) is 17.1 Å². The Hall–Kier alpha value is -2.71. The van der Waals surface area contributed by atoms with Gasteiger partial charge in [0.2, 0.25) is 5.91 Å². The summed E-state index contributed by atoms with van der Waals surface area (Å²) in [6.07, 6.45) is 0. The fourth-order valence-electron chi connectivity index (χ4n) is 3.54. The molecular weight excluding hydrogens is 434 g/mol. The minimum absolute atomic E-state index is 0.116. The number of benzene rings is 2. The highest BCUT2D eigenvalue weighted by Crippen LogP contribution is 2.25. The van der Waals surface area contributed by atoms with E-state index >= 15 is 0 Å². The second-order valence-corrected chi connectivity index (χ2v) is 8.61. The topological polar surface area (TPSA) is 63.5 Å². The van der Waals surface area contributed by atoms with Crippen LogP contribution in [0.25, 0.3) is 11.4 Å². The number of halogens is 1. The summed E-state index contributed by atoms with van der Waals surface area (Å²) in [4.78, 5) is 16.9. The number of nitrogens with zero attached hydrogens (tertiary/aromatic N) is 5. The van der Waals surface area contributed by atoms with Crippen molar-refractivity contribution in [2.45, 2.75) is 5.16 Å². The molecule has 9 heteroatoms. The Morgan fingerprint density at radius 3 is 2.52 bits per heavy atom. The molecule has 0 bridgehead atoms. The number of methoxy groups -OCH3 is 1. The van der Waals surface area contributed by atoms with Gasteiger partial charge in [-0.2, -0.15) is 0 Å². The van der Waals surface area contributed by atoms with Gasteiger partial charge in [0, 0.05) is 49.5 Å². The number of amides is 1. The number of ether oxygens (including phenoxy) is 1. The van der Waals surface area contributed by atoms with Gasteiger partial charge >= 0.3 is 0 Å². The first kappa shape index (κ1) is 21.5. The van der Waals surface area contributed by atoms with Gasteiger partial charge in [-0.05, 0) is 42.5 Å². The van der Waals surface area contributed by atoms with Crippen LogP contribution in [0.5, 0.6) is 5.75 Å². The molecule has 2 heterocycles. The maximum atomic E-state index is 12.7. The van der Waals surface area contributed by atoms with E-state index in [-0.39, 0.29) is 5.91 Å². The van der Waals surface area contributed by atoms with Gasteiger partial charge in [-0.1, -0.05) is 29.4 Å². The van der Waals surface area contributed by atoms with E-state index in [2.05, 4.69) is 15.1 Å². The number of hydrogen-bond donors (Lipinski definition) is 0. The van der Waals surface area contributed by atoms with E-state index in [0.29, 0.717) is 18.8 Å². The Labute approximate surface area is 191 Å². The molecule has 1 amide bonds. The molecule has 1 aliphatic heterocycles. The van der Waals surface area contributed by atoms with Crippen LogP contribution >= 0.6 is 23.4 Å². The zero-order valence-electron chi connectivity index (χ0n) is 17.5. The van der Waals surface area contributed by atoms with Crippen LogP contribution in [-0.2, 0) is 11.8 Å². The standard InChI is InChI=1S/C22H24ClN5O2S/c1-26-21(16-6-8-19(30-2)9-7-16)24-25-22(26)31-15-20(29)28-12-10-27(11-13-28)18-5-3-4-17(23)14-18/h3-9,14H,10-13,15H2,1-2H3. The van der Waals surface area contributed by atoms with Gasteiger partial charge < -0.3 is 19.1 Å². The second-order valence-electron chi connectivity index (χ2n) is 7.23. The van der Waals surface area contributed by atoms with Crippen LogP contribution in [0.15, 0.2) is 53.7 Å². The van der Waals surface area contributed by atoms with Crippen LogP contribution in [0.4, 0.5) is 5.69 Å². The number of rotatable bonds is 6. The van der Waals surface area contributed by atoms with Crippen molar-refractivity contribution in [3.63, 3.8) is 0 Å². The highest BCUT2D eigenvalue weighted by Gasteiger charge is 2.22. The summed E-state index contributed by atoms with van der Waals surface area (Å²) < 4.78 is 7.12. The lowest BCUT2D eigenvalue weighted by molar-refractivity contribution is -0.128. The lowest BCUT2D eigenvalue weighted by atomic mass is 10.2. The maximum Gasteiger partial charge on any atom is 0.233 e. The zero-order valence-corrected chi connectivity index (χ0v) is 19.1. The normalized spacial score (nSPS) is 14.0. The van der Waals surface area contributed by atoms with Crippen molar-refractivity contribution >= 4 is 35.0 Å². The zero-order chi connectivity index (χ0) is 21.8. The molecule has 1 aromatic heterocycles. The molecule has 7 nitrogen and oxygen atoms in total. The molecular formula is C22H24ClN5O2S. The molecule has 0 atom stereocenters. The Kier molecular flexibility index (Phi) is 6.67. The molecule has 1 saturated heterocycles. The lowest BCUT2D eigenvalue weighted by Crippen LogP contribution is -2.49. The third kappa shape index (κ3) is 4.97. The quantitative estimate of drug-likeness (QED) is 0.527. The molecule has 0 aliphatic carbocycles. The SMILES string of the molecule is COc1ccc(-c2nnc(SCC(=O)N3CCN(c4cccc(Cl)c4)CC3)n2C)cc1. The molecule has 1 fully saturated rings. The molecule has 162 valence electrons. The summed E-state index contributed by atoms with van der Waals surface area (Å²) in [7, 11) is 3.55. The number of carbonyl (C=O) groups is 1. The van der Waals surface area contributed by atoms with E-state index in [1.54, 1.807) is 7.11 Å². The highest BCUT2D eigenvalue weighted by molar-refractivity contribution is 7.99. The number of anilines is 1. The van der Waals surface area contributed by atoms with Gasteiger partial charge in [0.15, 0.2) is 11.0 Å². The summed E-state index contributed by atoms with van der Waals surface area (Å²) in [6.45, 7) is 2.98. The van der Waals surface area contributed by atoms with Crippen molar-refractivity contribution < 1.29 is 9.53 Å². The molecule has 0 radical (unpaired) electrons. The first-order valence-corrected chi connectivity index (χ1v) is 11.4. The van der Waals surface area contributed by atoms with Crippen LogP contribution in [-0.4, -0.2) is 64.6 Å². The predicted octanol–water partition coefficient (Wildman–Crippen LogP) is 3.59. The van der Waals surface area contributed by atoms with Crippen molar-refractivity contribution in [1.82, 2.24) is 19.7 Å². The minimum atomic E-state index is 0.116. The van der Waals surface area contributed by atoms with Crippen LogP contribution in [0.3, 0.4) is 0 Å². The molecule has 0 N–H and O–H groups in total. The predicted molar refractivity (Wildman–Crippen MR) is 124 cm³/mol. The van der Waals surface area contributed by atoms with E-state index in [1.165, 1.54) is 11.8 Å². The second kappa shape index (κ2) is 9.62. The highest BCUT2D eigenvalue weighted by atomic mass is 35.5. The fraction of sp³-hybridized carbons (Fsp3) is 0.318. The molecule has 31 heavy (non-hydrogen) atoms. The van der Waals surface area contributed by atoms with E-state index < -0.39 is 0 Å². The van der Waals surface area contributed by atoms with Gasteiger partial charge in [0.05, 0.1) is 12.9 Å². The van der Waals surface area contributed by atoms with Crippen LogP contribution in [0, 0.1) is 0 Å². The van der Waals surface area contributed by atoms with Gasteiger partial charge in [-0.25, -0.2) is 0 Å². The van der Waals surface area contributed by atoms with E-state index in [1.807, 2.05) is 65.0 Å². The molecule has 0 saturated carbocycles. The third-order valence-corrected chi connectivity index (χ3v) is 6.55. The van der Waals surface area contributed by atoms with Crippen LogP contribution in [0.1, 0.15) is 0 Å². The third-order valence-electron chi connectivity index (χ3n) is 5.31. The lowest BCUT2D eigenvalue weighted by Gasteiger charge is -2.36. The largest absolute Gasteiger partial charge is 0.497 e. The monoisotopic (exact) mass is 457 g/mol. The molecule has 4 rings (SSSR count). The van der Waals surface area contributed by atoms with Crippen molar-refractivity contribution in [1.29, 1.82) is 0 Å². The average molecular weight is 458 g/mol. The summed E-state index contributed by atoms with van der Waals surface area (Å²) in [6, 6.07) is 15.5. The van der Waals surface area contributed by atoms with Gasteiger partial charge in [0.1, 0.15) is 5.75 Å². The van der Waals surface area contributed by atoms with Crippen LogP contribution in [0.2, 0.25) is 5.02 Å². The number of piperazine rings is 1. The van der Waals surface area contributed by atoms with Gasteiger partial charge in [-0.15, -0.1) is 10.2 Å². The Morgan fingerprint density at radius 1 is 1.10 bits per heavy atom. The summed E-state index contributed by atoms with van der Waals surface area (Å²) >= 11 is 7.51. The number of carbonyl (C=O) groups excluding carboxylic acids is 1. The molecule has 1 aliphatic rings.